The number of aryl methyl sites for hydroxylation is 2. The highest BCUT2D eigenvalue weighted by atomic mass is 32.2. The first-order chi connectivity index (χ1) is 10.1. The molecule has 2 atom stereocenters. The second-order valence-corrected chi connectivity index (χ2v) is 6.62. The van der Waals surface area contributed by atoms with Gasteiger partial charge in [-0.15, -0.1) is 11.8 Å². The van der Waals surface area contributed by atoms with E-state index in [4.69, 9.17) is 4.74 Å². The van der Waals surface area contributed by atoms with Crippen LogP contribution in [0, 0.1) is 13.8 Å². The average molecular weight is 300 g/mol. The molecule has 0 fully saturated rings. The summed E-state index contributed by atoms with van der Waals surface area (Å²) in [4.78, 5) is 1.16. The van der Waals surface area contributed by atoms with Gasteiger partial charge in [0.05, 0.1) is 6.10 Å². The van der Waals surface area contributed by atoms with E-state index in [0.717, 1.165) is 16.4 Å². The Hall–Kier alpha value is -1.45. The zero-order chi connectivity index (χ0) is 14.8. The lowest BCUT2D eigenvalue weighted by molar-refractivity contribution is 0.0467. The molecule has 2 unspecified atom stereocenters. The van der Waals surface area contributed by atoms with Crippen molar-refractivity contribution in [3.63, 3.8) is 0 Å². The molecule has 0 saturated carbocycles. The first-order valence-electron chi connectivity index (χ1n) is 7.27. The maximum atomic E-state index is 10.6. The Morgan fingerprint density at radius 3 is 2.62 bits per heavy atom. The van der Waals surface area contributed by atoms with Gasteiger partial charge in [0.25, 0.3) is 0 Å². The van der Waals surface area contributed by atoms with Crippen LogP contribution in [0.25, 0.3) is 0 Å². The monoisotopic (exact) mass is 300 g/mol. The highest BCUT2D eigenvalue weighted by molar-refractivity contribution is 7.99. The number of fused-ring (bicyclic) bond motifs is 1. The fraction of sp³-hybridized carbons (Fsp3) is 0.333. The van der Waals surface area contributed by atoms with Gasteiger partial charge in [0, 0.05) is 17.1 Å². The second-order valence-electron chi connectivity index (χ2n) is 5.56. The van der Waals surface area contributed by atoms with E-state index in [9.17, 15) is 5.11 Å². The van der Waals surface area contributed by atoms with Crippen molar-refractivity contribution >= 4 is 11.8 Å². The number of aliphatic hydroxyl groups is 1. The van der Waals surface area contributed by atoms with Gasteiger partial charge in [0.15, 0.2) is 0 Å². The normalized spacial score (nSPS) is 18.7. The number of aliphatic hydroxyl groups excluding tert-OH is 1. The summed E-state index contributed by atoms with van der Waals surface area (Å²) in [5, 5.41) is 10.6. The molecular weight excluding hydrogens is 280 g/mol. The number of hydrogen-bond donors (Lipinski definition) is 1. The van der Waals surface area contributed by atoms with Crippen LogP contribution in [0.2, 0.25) is 0 Å². The van der Waals surface area contributed by atoms with Crippen LogP contribution in [0.5, 0.6) is 5.75 Å². The van der Waals surface area contributed by atoms with Crippen LogP contribution in [0.3, 0.4) is 0 Å². The Morgan fingerprint density at radius 2 is 1.86 bits per heavy atom. The fourth-order valence-electron chi connectivity index (χ4n) is 2.74. The summed E-state index contributed by atoms with van der Waals surface area (Å²) in [5.74, 6) is 1.68. The van der Waals surface area contributed by atoms with Gasteiger partial charge in [0.1, 0.15) is 11.9 Å². The third-order valence-electron chi connectivity index (χ3n) is 4.02. The quantitative estimate of drug-likeness (QED) is 0.936. The van der Waals surface area contributed by atoms with Crippen molar-refractivity contribution in [2.45, 2.75) is 37.4 Å². The SMILES string of the molecule is Cc1cccc(C)c1CC(O)C1CSc2ccccc2O1. The van der Waals surface area contributed by atoms with Crippen LogP contribution in [0.1, 0.15) is 16.7 Å². The Kier molecular flexibility index (Phi) is 4.22. The van der Waals surface area contributed by atoms with Crippen molar-refractivity contribution < 1.29 is 9.84 Å². The zero-order valence-corrected chi connectivity index (χ0v) is 13.2. The van der Waals surface area contributed by atoms with Gasteiger partial charge in [0.2, 0.25) is 0 Å². The molecule has 2 aromatic rings. The standard InChI is InChI=1S/C18H20O2S/c1-12-6-5-7-13(2)14(12)10-15(19)17-11-21-18-9-4-3-8-16(18)20-17/h3-9,15,17,19H,10-11H2,1-2H3. The molecule has 1 heterocycles. The molecule has 0 spiro atoms. The van der Waals surface area contributed by atoms with Gasteiger partial charge in [-0.1, -0.05) is 30.3 Å². The van der Waals surface area contributed by atoms with E-state index in [0.29, 0.717) is 6.42 Å². The predicted octanol–water partition coefficient (Wildman–Crippen LogP) is 3.76. The Balaban J connectivity index is 1.74. The molecule has 0 bridgehead atoms. The van der Waals surface area contributed by atoms with Gasteiger partial charge in [-0.05, 0) is 42.7 Å². The predicted molar refractivity (Wildman–Crippen MR) is 87.2 cm³/mol. The minimum absolute atomic E-state index is 0.149. The molecule has 110 valence electrons. The van der Waals surface area contributed by atoms with Crippen molar-refractivity contribution in [2.24, 2.45) is 0 Å². The van der Waals surface area contributed by atoms with Crippen molar-refractivity contribution in [1.29, 1.82) is 0 Å². The molecule has 3 rings (SSSR count). The molecule has 2 nitrogen and oxygen atoms in total. The van der Waals surface area contributed by atoms with Gasteiger partial charge in [-0.3, -0.25) is 0 Å². The Bertz CT molecular complexity index is 619. The summed E-state index contributed by atoms with van der Waals surface area (Å²) in [6.45, 7) is 4.20. The summed E-state index contributed by atoms with van der Waals surface area (Å²) in [6, 6.07) is 14.3. The number of thioether (sulfide) groups is 1. The van der Waals surface area contributed by atoms with Crippen LogP contribution in [0.4, 0.5) is 0 Å². The Morgan fingerprint density at radius 1 is 1.14 bits per heavy atom. The van der Waals surface area contributed by atoms with E-state index >= 15 is 0 Å². The topological polar surface area (TPSA) is 29.5 Å². The molecule has 1 aliphatic rings. The van der Waals surface area contributed by atoms with Crippen LogP contribution < -0.4 is 4.74 Å². The van der Waals surface area contributed by atoms with Crippen LogP contribution >= 0.6 is 11.8 Å². The van der Waals surface area contributed by atoms with Crippen molar-refractivity contribution in [3.05, 3.63) is 59.2 Å². The molecule has 21 heavy (non-hydrogen) atoms. The highest BCUT2D eigenvalue weighted by Gasteiger charge is 2.27. The van der Waals surface area contributed by atoms with Crippen molar-refractivity contribution in [1.82, 2.24) is 0 Å². The maximum absolute atomic E-state index is 10.6. The van der Waals surface area contributed by atoms with E-state index in [2.05, 4.69) is 38.1 Å². The molecule has 0 saturated heterocycles. The number of benzene rings is 2. The average Bonchev–Trinajstić information content (AvgIpc) is 2.50. The fourth-order valence-corrected chi connectivity index (χ4v) is 3.80. The van der Waals surface area contributed by atoms with Gasteiger partial charge in [-0.2, -0.15) is 0 Å². The molecule has 0 aromatic heterocycles. The first kappa shape index (κ1) is 14.5. The van der Waals surface area contributed by atoms with E-state index in [-0.39, 0.29) is 6.10 Å². The van der Waals surface area contributed by atoms with Gasteiger partial charge >= 0.3 is 0 Å². The summed E-state index contributed by atoms with van der Waals surface area (Å²) in [6.07, 6.45) is 0.0147. The van der Waals surface area contributed by atoms with E-state index in [1.807, 2.05) is 18.2 Å². The smallest absolute Gasteiger partial charge is 0.134 e. The zero-order valence-electron chi connectivity index (χ0n) is 12.4. The van der Waals surface area contributed by atoms with Crippen molar-refractivity contribution in [2.75, 3.05) is 5.75 Å². The number of ether oxygens (including phenoxy) is 1. The molecule has 1 aliphatic heterocycles. The molecule has 0 aliphatic carbocycles. The minimum atomic E-state index is -0.481. The Labute approximate surface area is 130 Å². The lowest BCUT2D eigenvalue weighted by Gasteiger charge is -2.29. The van der Waals surface area contributed by atoms with Crippen LogP contribution in [0.15, 0.2) is 47.4 Å². The number of para-hydroxylation sites is 1. The van der Waals surface area contributed by atoms with E-state index in [1.54, 1.807) is 11.8 Å². The molecule has 1 N–H and O–H groups in total. The summed E-state index contributed by atoms with van der Waals surface area (Å²) < 4.78 is 5.97. The van der Waals surface area contributed by atoms with Crippen molar-refractivity contribution in [3.8, 4) is 5.75 Å². The molecular formula is C18H20O2S. The number of hydrogen-bond acceptors (Lipinski definition) is 3. The third-order valence-corrected chi connectivity index (χ3v) is 5.16. The summed E-state index contributed by atoms with van der Waals surface area (Å²) in [5.41, 5.74) is 3.70. The molecule has 0 radical (unpaired) electrons. The van der Waals surface area contributed by atoms with Gasteiger partial charge in [-0.25, -0.2) is 0 Å². The number of rotatable bonds is 3. The van der Waals surface area contributed by atoms with E-state index in [1.165, 1.54) is 16.7 Å². The summed E-state index contributed by atoms with van der Waals surface area (Å²) in [7, 11) is 0. The molecule has 2 aromatic carbocycles. The lowest BCUT2D eigenvalue weighted by atomic mass is 9.96. The van der Waals surface area contributed by atoms with Crippen LogP contribution in [-0.4, -0.2) is 23.1 Å². The minimum Gasteiger partial charge on any atom is -0.486 e. The molecule has 3 heteroatoms. The third kappa shape index (κ3) is 3.09. The lowest BCUT2D eigenvalue weighted by Crippen LogP contribution is -2.37. The highest BCUT2D eigenvalue weighted by Crippen LogP contribution is 2.36. The summed E-state index contributed by atoms with van der Waals surface area (Å²) >= 11 is 1.76. The first-order valence-corrected chi connectivity index (χ1v) is 8.25. The second kappa shape index (κ2) is 6.12. The largest absolute Gasteiger partial charge is 0.486 e. The van der Waals surface area contributed by atoms with Crippen LogP contribution in [-0.2, 0) is 6.42 Å². The maximum Gasteiger partial charge on any atom is 0.134 e. The van der Waals surface area contributed by atoms with E-state index < -0.39 is 6.10 Å². The van der Waals surface area contributed by atoms with Gasteiger partial charge < -0.3 is 9.84 Å². The molecule has 0 amide bonds.